The number of benzene rings is 1. The molecule has 0 saturated carbocycles. The third-order valence-corrected chi connectivity index (χ3v) is 2.36. The van der Waals surface area contributed by atoms with Crippen molar-refractivity contribution >= 4 is 0 Å². The summed E-state index contributed by atoms with van der Waals surface area (Å²) in [5.74, 6) is 0.540. The number of nitrogens with one attached hydrogen (secondary N) is 1. The zero-order valence-corrected chi connectivity index (χ0v) is 8.67. The first-order valence-electron chi connectivity index (χ1n) is 5.01. The van der Waals surface area contributed by atoms with E-state index >= 15 is 0 Å². The molecular formula is C10H13N5O. The van der Waals surface area contributed by atoms with Crippen molar-refractivity contribution in [2.24, 2.45) is 5.73 Å². The topological polar surface area (TPSA) is 101 Å². The van der Waals surface area contributed by atoms with Gasteiger partial charge in [-0.05, 0) is 23.3 Å². The van der Waals surface area contributed by atoms with E-state index < -0.39 is 0 Å². The van der Waals surface area contributed by atoms with Crippen molar-refractivity contribution in [2.75, 3.05) is 6.61 Å². The number of hydrogen-bond donors (Lipinski definition) is 3. The van der Waals surface area contributed by atoms with Crippen molar-refractivity contribution < 1.29 is 5.11 Å². The normalized spacial score (nSPS) is 12.6. The van der Waals surface area contributed by atoms with E-state index in [1.54, 1.807) is 0 Å². The van der Waals surface area contributed by atoms with Gasteiger partial charge in [-0.2, -0.15) is 5.21 Å². The number of aliphatic hydroxyl groups is 1. The Bertz CT molecular complexity index is 442. The maximum Gasteiger partial charge on any atom is 0.204 e. The number of aromatic amines is 1. The number of aliphatic hydroxyl groups excluding tert-OH is 1. The van der Waals surface area contributed by atoms with Gasteiger partial charge in [-0.25, -0.2) is 0 Å². The third-order valence-electron chi connectivity index (χ3n) is 2.36. The van der Waals surface area contributed by atoms with Crippen LogP contribution >= 0.6 is 0 Å². The van der Waals surface area contributed by atoms with E-state index in [1.165, 1.54) is 0 Å². The number of tetrazole rings is 1. The molecule has 0 aliphatic rings. The minimum atomic E-state index is -0.170. The molecule has 1 unspecified atom stereocenters. The summed E-state index contributed by atoms with van der Waals surface area (Å²) in [6.45, 7) is 0.0770. The lowest BCUT2D eigenvalue weighted by Crippen LogP contribution is -2.11. The van der Waals surface area contributed by atoms with Crippen LogP contribution in [0.4, 0.5) is 0 Å². The predicted octanol–water partition coefficient (Wildman–Crippen LogP) is 0.249. The van der Waals surface area contributed by atoms with E-state index in [9.17, 15) is 0 Å². The van der Waals surface area contributed by atoms with Gasteiger partial charge in [-0.1, -0.05) is 18.2 Å². The fourth-order valence-electron chi connectivity index (χ4n) is 1.50. The SMILES string of the molecule is NC(CCO)c1cccc(-c2nn[nH]n2)c1. The Morgan fingerprint density at radius 3 is 3.00 bits per heavy atom. The lowest BCUT2D eigenvalue weighted by atomic mass is 10.0. The highest BCUT2D eigenvalue weighted by atomic mass is 16.3. The van der Waals surface area contributed by atoms with Gasteiger partial charge in [-0.15, -0.1) is 10.2 Å². The van der Waals surface area contributed by atoms with E-state index in [2.05, 4.69) is 20.6 Å². The van der Waals surface area contributed by atoms with Crippen LogP contribution in [0.5, 0.6) is 0 Å². The fourth-order valence-corrected chi connectivity index (χ4v) is 1.50. The summed E-state index contributed by atoms with van der Waals surface area (Å²) in [4.78, 5) is 0. The van der Waals surface area contributed by atoms with Gasteiger partial charge in [0, 0.05) is 18.2 Å². The summed E-state index contributed by atoms with van der Waals surface area (Å²) in [5, 5.41) is 22.5. The Morgan fingerprint density at radius 2 is 2.31 bits per heavy atom. The number of nitrogens with zero attached hydrogens (tertiary/aromatic N) is 3. The van der Waals surface area contributed by atoms with Crippen molar-refractivity contribution in [1.29, 1.82) is 0 Å². The maximum absolute atomic E-state index is 8.83. The highest BCUT2D eigenvalue weighted by Crippen LogP contribution is 2.20. The maximum atomic E-state index is 8.83. The minimum Gasteiger partial charge on any atom is -0.396 e. The molecule has 2 aromatic rings. The van der Waals surface area contributed by atoms with Crippen LogP contribution in [0, 0.1) is 0 Å². The average Bonchev–Trinajstić information content (AvgIpc) is 2.83. The number of nitrogens with two attached hydrogens (primary N) is 1. The molecule has 16 heavy (non-hydrogen) atoms. The number of rotatable bonds is 4. The zero-order valence-electron chi connectivity index (χ0n) is 8.67. The summed E-state index contributed by atoms with van der Waals surface area (Å²) >= 11 is 0. The summed E-state index contributed by atoms with van der Waals surface area (Å²) < 4.78 is 0. The molecule has 6 nitrogen and oxygen atoms in total. The third kappa shape index (κ3) is 2.23. The molecule has 2 rings (SSSR count). The summed E-state index contributed by atoms with van der Waals surface area (Å²) in [6.07, 6.45) is 0.537. The lowest BCUT2D eigenvalue weighted by molar-refractivity contribution is 0.276. The monoisotopic (exact) mass is 219 g/mol. The van der Waals surface area contributed by atoms with E-state index in [0.29, 0.717) is 12.2 Å². The Labute approximate surface area is 92.5 Å². The fraction of sp³-hybridized carbons (Fsp3) is 0.300. The van der Waals surface area contributed by atoms with Gasteiger partial charge in [-0.3, -0.25) is 0 Å². The van der Waals surface area contributed by atoms with Gasteiger partial charge in [0.2, 0.25) is 5.82 Å². The smallest absolute Gasteiger partial charge is 0.204 e. The predicted molar refractivity (Wildman–Crippen MR) is 58.2 cm³/mol. The first-order chi connectivity index (χ1) is 7.81. The van der Waals surface area contributed by atoms with Crippen LogP contribution in [0.3, 0.4) is 0 Å². The molecule has 0 spiro atoms. The Hall–Kier alpha value is -1.79. The minimum absolute atomic E-state index is 0.0770. The first-order valence-corrected chi connectivity index (χ1v) is 5.01. The van der Waals surface area contributed by atoms with E-state index in [4.69, 9.17) is 10.8 Å². The largest absolute Gasteiger partial charge is 0.396 e. The van der Waals surface area contributed by atoms with Crippen LogP contribution < -0.4 is 5.73 Å². The zero-order chi connectivity index (χ0) is 11.4. The van der Waals surface area contributed by atoms with Gasteiger partial charge < -0.3 is 10.8 Å². The molecule has 1 atom stereocenters. The van der Waals surface area contributed by atoms with Crippen molar-refractivity contribution in [3.8, 4) is 11.4 Å². The highest BCUT2D eigenvalue weighted by molar-refractivity contribution is 5.55. The summed E-state index contributed by atoms with van der Waals surface area (Å²) in [7, 11) is 0. The van der Waals surface area contributed by atoms with Gasteiger partial charge in [0.25, 0.3) is 0 Å². The Morgan fingerprint density at radius 1 is 1.44 bits per heavy atom. The molecule has 1 heterocycles. The second kappa shape index (κ2) is 4.82. The molecule has 1 aromatic carbocycles. The van der Waals surface area contributed by atoms with Crippen LogP contribution in [0.25, 0.3) is 11.4 Å². The van der Waals surface area contributed by atoms with Crippen LogP contribution in [0.1, 0.15) is 18.0 Å². The highest BCUT2D eigenvalue weighted by Gasteiger charge is 2.08. The lowest BCUT2D eigenvalue weighted by Gasteiger charge is -2.10. The molecule has 0 amide bonds. The molecule has 84 valence electrons. The molecule has 0 aliphatic heterocycles. The summed E-state index contributed by atoms with van der Waals surface area (Å²) in [5.41, 5.74) is 7.72. The Kier molecular flexibility index (Phi) is 3.23. The van der Waals surface area contributed by atoms with E-state index in [0.717, 1.165) is 11.1 Å². The van der Waals surface area contributed by atoms with Crippen molar-refractivity contribution in [1.82, 2.24) is 20.6 Å². The second-order valence-corrected chi connectivity index (χ2v) is 3.48. The van der Waals surface area contributed by atoms with E-state index in [1.807, 2.05) is 24.3 Å². The van der Waals surface area contributed by atoms with Crippen LogP contribution in [-0.4, -0.2) is 32.3 Å². The number of hydrogen-bond acceptors (Lipinski definition) is 5. The van der Waals surface area contributed by atoms with Gasteiger partial charge >= 0.3 is 0 Å². The molecule has 6 heteroatoms. The number of H-pyrrole nitrogens is 1. The molecule has 0 bridgehead atoms. The standard InChI is InChI=1S/C10H13N5O/c11-9(4-5-16)7-2-1-3-8(6-7)10-12-14-15-13-10/h1-3,6,9,16H,4-5,11H2,(H,12,13,14,15). The molecule has 0 saturated heterocycles. The Balaban J connectivity index is 2.26. The molecule has 1 aromatic heterocycles. The summed E-state index contributed by atoms with van der Waals surface area (Å²) in [6, 6.07) is 7.43. The van der Waals surface area contributed by atoms with Gasteiger partial charge in [0.15, 0.2) is 0 Å². The van der Waals surface area contributed by atoms with Gasteiger partial charge in [0.1, 0.15) is 0 Å². The molecule has 0 radical (unpaired) electrons. The molecule has 0 aliphatic carbocycles. The average molecular weight is 219 g/mol. The quantitative estimate of drug-likeness (QED) is 0.684. The van der Waals surface area contributed by atoms with Crippen LogP contribution in [0.2, 0.25) is 0 Å². The van der Waals surface area contributed by atoms with Crippen molar-refractivity contribution in [3.05, 3.63) is 29.8 Å². The first kappa shape index (κ1) is 10.7. The molecular weight excluding hydrogens is 206 g/mol. The van der Waals surface area contributed by atoms with Crippen molar-refractivity contribution in [3.63, 3.8) is 0 Å². The molecule has 0 fully saturated rings. The van der Waals surface area contributed by atoms with E-state index in [-0.39, 0.29) is 12.6 Å². The second-order valence-electron chi connectivity index (χ2n) is 3.48. The van der Waals surface area contributed by atoms with Crippen LogP contribution in [-0.2, 0) is 0 Å². The molecule has 4 N–H and O–H groups in total. The van der Waals surface area contributed by atoms with Gasteiger partial charge in [0.05, 0.1) is 0 Å². The number of aromatic nitrogens is 4. The van der Waals surface area contributed by atoms with Crippen molar-refractivity contribution in [2.45, 2.75) is 12.5 Å². The van der Waals surface area contributed by atoms with Crippen LogP contribution in [0.15, 0.2) is 24.3 Å².